The van der Waals surface area contributed by atoms with Gasteiger partial charge in [0.15, 0.2) is 0 Å². The van der Waals surface area contributed by atoms with Crippen LogP contribution in [0, 0.1) is 0 Å². The highest BCUT2D eigenvalue weighted by molar-refractivity contribution is 6.30. The van der Waals surface area contributed by atoms with Crippen molar-refractivity contribution in [3.05, 3.63) is 65.4 Å². The van der Waals surface area contributed by atoms with Gasteiger partial charge in [0.2, 0.25) is 0 Å². The molecule has 3 aromatic rings. The van der Waals surface area contributed by atoms with Crippen molar-refractivity contribution in [3.8, 4) is 0 Å². The van der Waals surface area contributed by atoms with E-state index in [4.69, 9.17) is 11.6 Å². The second-order valence-corrected chi connectivity index (χ2v) is 5.00. The van der Waals surface area contributed by atoms with Crippen molar-refractivity contribution in [1.29, 1.82) is 0 Å². The van der Waals surface area contributed by atoms with Crippen LogP contribution in [0.3, 0.4) is 0 Å². The number of rotatable bonds is 3. The molecule has 1 aromatic heterocycles. The van der Waals surface area contributed by atoms with Crippen molar-refractivity contribution in [1.82, 2.24) is 9.97 Å². The van der Waals surface area contributed by atoms with Gasteiger partial charge >= 0.3 is 0 Å². The fourth-order valence-corrected chi connectivity index (χ4v) is 2.09. The molecule has 0 spiro atoms. The van der Waals surface area contributed by atoms with Gasteiger partial charge in [-0.3, -0.25) is 10.4 Å². The van der Waals surface area contributed by atoms with Crippen LogP contribution in [0.25, 0.3) is 11.0 Å². The number of hydrazone groups is 1. The van der Waals surface area contributed by atoms with Crippen LogP contribution in [0.15, 0.2) is 59.8 Å². The van der Waals surface area contributed by atoms with Gasteiger partial charge in [0.1, 0.15) is 5.69 Å². The summed E-state index contributed by atoms with van der Waals surface area (Å²) in [4.78, 5) is 8.92. The molecular formula is C16H13ClN4. The number of nitrogens with one attached hydrogen (secondary N) is 1. The van der Waals surface area contributed by atoms with Crippen molar-refractivity contribution in [2.45, 2.75) is 6.92 Å². The highest BCUT2D eigenvalue weighted by Gasteiger charge is 2.02. The zero-order valence-electron chi connectivity index (χ0n) is 11.4. The number of halogens is 1. The second-order valence-electron chi connectivity index (χ2n) is 4.56. The summed E-state index contributed by atoms with van der Waals surface area (Å²) >= 11 is 5.93. The van der Waals surface area contributed by atoms with Crippen LogP contribution in [0.5, 0.6) is 0 Å². The Kier molecular flexibility index (Phi) is 3.79. The van der Waals surface area contributed by atoms with E-state index in [0.717, 1.165) is 28.1 Å². The molecule has 0 unspecified atom stereocenters. The first-order valence-electron chi connectivity index (χ1n) is 6.50. The van der Waals surface area contributed by atoms with Gasteiger partial charge in [-0.25, -0.2) is 4.98 Å². The molecule has 5 heteroatoms. The third-order valence-electron chi connectivity index (χ3n) is 3.00. The smallest absolute Gasteiger partial charge is 0.105 e. The Bertz CT molecular complexity index is 814. The van der Waals surface area contributed by atoms with E-state index in [2.05, 4.69) is 20.5 Å². The lowest BCUT2D eigenvalue weighted by Gasteiger charge is -2.04. The third kappa shape index (κ3) is 3.17. The molecule has 0 saturated carbocycles. The summed E-state index contributed by atoms with van der Waals surface area (Å²) in [7, 11) is 0. The summed E-state index contributed by atoms with van der Waals surface area (Å²) in [6.07, 6.45) is 1.72. The Hall–Kier alpha value is -2.46. The first-order valence-corrected chi connectivity index (χ1v) is 6.88. The van der Waals surface area contributed by atoms with E-state index in [9.17, 15) is 0 Å². The molecule has 1 heterocycles. The van der Waals surface area contributed by atoms with Gasteiger partial charge in [-0.05, 0) is 37.3 Å². The van der Waals surface area contributed by atoms with Crippen LogP contribution in [-0.4, -0.2) is 15.7 Å². The zero-order valence-corrected chi connectivity index (χ0v) is 12.2. The summed E-state index contributed by atoms with van der Waals surface area (Å²) in [6.45, 7) is 1.89. The number of aromatic nitrogens is 2. The van der Waals surface area contributed by atoms with E-state index >= 15 is 0 Å². The fourth-order valence-electron chi connectivity index (χ4n) is 1.90. The van der Waals surface area contributed by atoms with Gasteiger partial charge in [-0.2, -0.15) is 5.10 Å². The number of benzene rings is 2. The lowest BCUT2D eigenvalue weighted by molar-refractivity contribution is 1.23. The van der Waals surface area contributed by atoms with Crippen molar-refractivity contribution in [2.75, 3.05) is 5.43 Å². The molecule has 1 N–H and O–H groups in total. The summed E-state index contributed by atoms with van der Waals surface area (Å²) in [5.41, 5.74) is 7.02. The maximum atomic E-state index is 5.93. The largest absolute Gasteiger partial charge is 0.278 e. The minimum atomic E-state index is 0.665. The van der Waals surface area contributed by atoms with Crippen molar-refractivity contribution in [3.63, 3.8) is 0 Å². The maximum Gasteiger partial charge on any atom is 0.105 e. The molecule has 21 heavy (non-hydrogen) atoms. The number of fused-ring (bicyclic) bond motifs is 1. The highest BCUT2D eigenvalue weighted by atomic mass is 35.5. The average molecular weight is 297 g/mol. The van der Waals surface area contributed by atoms with E-state index in [1.54, 1.807) is 6.20 Å². The lowest BCUT2D eigenvalue weighted by atomic mass is 10.2. The molecular weight excluding hydrogens is 284 g/mol. The third-order valence-corrected chi connectivity index (χ3v) is 3.23. The summed E-state index contributed by atoms with van der Waals surface area (Å²) in [5, 5.41) is 4.98. The lowest BCUT2D eigenvalue weighted by Crippen LogP contribution is -2.03. The van der Waals surface area contributed by atoms with Crippen molar-refractivity contribution >= 4 is 34.0 Å². The molecule has 0 aliphatic rings. The van der Waals surface area contributed by atoms with Gasteiger partial charge < -0.3 is 0 Å². The standard InChI is InChI=1S/C16H13ClN4/c1-11(20-21-13-6-4-5-12(17)9-13)16-10-18-14-7-2-3-8-15(14)19-16/h2-10,21H,1H3. The average Bonchev–Trinajstić information content (AvgIpc) is 2.52. The summed E-state index contributed by atoms with van der Waals surface area (Å²) < 4.78 is 0. The number of para-hydroxylation sites is 2. The van der Waals surface area contributed by atoms with Crippen molar-refractivity contribution in [2.24, 2.45) is 5.10 Å². The predicted molar refractivity (Wildman–Crippen MR) is 86.8 cm³/mol. The molecule has 0 atom stereocenters. The molecule has 4 nitrogen and oxygen atoms in total. The van der Waals surface area contributed by atoms with Crippen LogP contribution in [-0.2, 0) is 0 Å². The maximum absolute atomic E-state index is 5.93. The minimum absolute atomic E-state index is 0.665. The van der Waals surface area contributed by atoms with Gasteiger partial charge in [0.05, 0.1) is 28.6 Å². The van der Waals surface area contributed by atoms with Crippen LogP contribution < -0.4 is 5.43 Å². The molecule has 3 rings (SSSR count). The second kappa shape index (κ2) is 5.89. The Balaban J connectivity index is 1.85. The van der Waals surface area contributed by atoms with Gasteiger partial charge in [0, 0.05) is 5.02 Å². The SMILES string of the molecule is CC(=NNc1cccc(Cl)c1)c1cnc2ccccc2n1. The highest BCUT2D eigenvalue weighted by Crippen LogP contribution is 2.15. The topological polar surface area (TPSA) is 50.2 Å². The Labute approximate surface area is 127 Å². The summed E-state index contributed by atoms with van der Waals surface area (Å²) in [6, 6.07) is 15.1. The summed E-state index contributed by atoms with van der Waals surface area (Å²) in [5.74, 6) is 0. The predicted octanol–water partition coefficient (Wildman–Crippen LogP) is 4.12. The van der Waals surface area contributed by atoms with E-state index in [1.165, 1.54) is 0 Å². The van der Waals surface area contributed by atoms with E-state index in [0.29, 0.717) is 5.02 Å². The molecule has 0 saturated heterocycles. The first kappa shape index (κ1) is 13.5. The first-order chi connectivity index (χ1) is 10.2. The molecule has 0 aliphatic heterocycles. The number of anilines is 1. The fraction of sp³-hybridized carbons (Fsp3) is 0.0625. The normalized spacial score (nSPS) is 11.6. The molecule has 0 fully saturated rings. The van der Waals surface area contributed by atoms with E-state index in [1.807, 2.05) is 55.5 Å². The van der Waals surface area contributed by atoms with E-state index < -0.39 is 0 Å². The molecule has 104 valence electrons. The minimum Gasteiger partial charge on any atom is -0.278 e. The molecule has 0 aliphatic carbocycles. The van der Waals surface area contributed by atoms with Gasteiger partial charge in [0.25, 0.3) is 0 Å². The van der Waals surface area contributed by atoms with Crippen molar-refractivity contribution < 1.29 is 0 Å². The molecule has 0 radical (unpaired) electrons. The number of nitrogens with zero attached hydrogens (tertiary/aromatic N) is 3. The van der Waals surface area contributed by atoms with Crippen LogP contribution in [0.2, 0.25) is 5.02 Å². The quantitative estimate of drug-likeness (QED) is 0.584. The van der Waals surface area contributed by atoms with Gasteiger partial charge in [-0.1, -0.05) is 29.8 Å². The molecule has 2 aromatic carbocycles. The Morgan fingerprint density at radius 3 is 2.71 bits per heavy atom. The monoisotopic (exact) mass is 296 g/mol. The van der Waals surface area contributed by atoms with Crippen LogP contribution >= 0.6 is 11.6 Å². The molecule has 0 bridgehead atoms. The van der Waals surface area contributed by atoms with Crippen LogP contribution in [0.1, 0.15) is 12.6 Å². The molecule has 0 amide bonds. The zero-order chi connectivity index (χ0) is 14.7. The number of hydrogen-bond donors (Lipinski definition) is 1. The number of hydrogen-bond acceptors (Lipinski definition) is 4. The van der Waals surface area contributed by atoms with Crippen LogP contribution in [0.4, 0.5) is 5.69 Å². The van der Waals surface area contributed by atoms with E-state index in [-0.39, 0.29) is 0 Å². The Morgan fingerprint density at radius 1 is 1.10 bits per heavy atom. The Morgan fingerprint density at radius 2 is 1.90 bits per heavy atom. The van der Waals surface area contributed by atoms with Gasteiger partial charge in [-0.15, -0.1) is 0 Å².